The number of hydrogen-bond donors (Lipinski definition) is 2. The molecular formula is C19H25N5O2. The Bertz CT molecular complexity index is 761. The largest absolute Gasteiger partial charge is 0.387 e. The molecule has 0 spiro atoms. The number of nitrogen functional groups attached to an aromatic ring is 1. The summed E-state index contributed by atoms with van der Waals surface area (Å²) in [7, 11) is 3.86. The Morgan fingerprint density at radius 2 is 1.88 bits per heavy atom. The standard InChI is InChI=1S/C19H25N5O2/c1-23(2)12-19(26)8-3-9-24(13-19)17(25)15-6-4-14(5-7-15)16-10-21-18(20)22-11-16/h4-7,10-11,26H,3,8-9,12-13H2,1-2H3,(H2,20,21,22)/t19-/m1/s1. The van der Waals surface area contributed by atoms with E-state index in [1.165, 1.54) is 0 Å². The maximum Gasteiger partial charge on any atom is 0.253 e. The van der Waals surface area contributed by atoms with Crippen LogP contribution >= 0.6 is 0 Å². The van der Waals surface area contributed by atoms with Crippen molar-refractivity contribution in [2.24, 2.45) is 0 Å². The fraction of sp³-hybridized carbons (Fsp3) is 0.421. The summed E-state index contributed by atoms with van der Waals surface area (Å²) in [5, 5.41) is 10.8. The van der Waals surface area contributed by atoms with E-state index in [2.05, 4.69) is 9.97 Å². The van der Waals surface area contributed by atoms with E-state index in [4.69, 9.17) is 5.73 Å². The summed E-state index contributed by atoms with van der Waals surface area (Å²) in [6.07, 6.45) is 4.83. The van der Waals surface area contributed by atoms with E-state index in [9.17, 15) is 9.90 Å². The van der Waals surface area contributed by atoms with Crippen molar-refractivity contribution in [1.82, 2.24) is 19.8 Å². The molecule has 1 aromatic carbocycles. The third kappa shape index (κ3) is 4.17. The average Bonchev–Trinajstić information content (AvgIpc) is 2.61. The number of anilines is 1. The highest BCUT2D eigenvalue weighted by Gasteiger charge is 2.35. The lowest BCUT2D eigenvalue weighted by molar-refractivity contribution is -0.0391. The van der Waals surface area contributed by atoms with Crippen molar-refractivity contribution in [1.29, 1.82) is 0 Å². The van der Waals surface area contributed by atoms with E-state index in [1.54, 1.807) is 29.4 Å². The van der Waals surface area contributed by atoms with E-state index < -0.39 is 5.60 Å². The zero-order valence-corrected chi connectivity index (χ0v) is 15.2. The van der Waals surface area contributed by atoms with Crippen molar-refractivity contribution >= 4 is 11.9 Å². The number of aliphatic hydroxyl groups is 1. The highest BCUT2D eigenvalue weighted by atomic mass is 16.3. The number of likely N-dealkylation sites (N-methyl/N-ethyl adjacent to an activating group) is 1. The summed E-state index contributed by atoms with van der Waals surface area (Å²) in [6.45, 7) is 1.58. The number of nitrogens with zero attached hydrogens (tertiary/aromatic N) is 4. The van der Waals surface area contributed by atoms with Crippen LogP contribution < -0.4 is 5.73 Å². The second-order valence-corrected chi connectivity index (χ2v) is 7.20. The Hall–Kier alpha value is -2.51. The van der Waals surface area contributed by atoms with Crippen LogP contribution in [0.15, 0.2) is 36.7 Å². The molecule has 1 aliphatic heterocycles. The number of piperidine rings is 1. The molecule has 1 fully saturated rings. The van der Waals surface area contributed by atoms with Crippen LogP contribution in [-0.2, 0) is 0 Å². The molecule has 138 valence electrons. The first-order valence-electron chi connectivity index (χ1n) is 8.71. The van der Waals surface area contributed by atoms with Gasteiger partial charge >= 0.3 is 0 Å². The topological polar surface area (TPSA) is 95.6 Å². The number of aromatic nitrogens is 2. The van der Waals surface area contributed by atoms with Gasteiger partial charge in [-0.05, 0) is 44.6 Å². The lowest BCUT2D eigenvalue weighted by Crippen LogP contribution is -2.54. The van der Waals surface area contributed by atoms with Crippen LogP contribution in [-0.4, -0.2) is 70.1 Å². The van der Waals surface area contributed by atoms with Gasteiger partial charge in [0.1, 0.15) is 0 Å². The summed E-state index contributed by atoms with van der Waals surface area (Å²) in [5.74, 6) is 0.179. The van der Waals surface area contributed by atoms with Crippen LogP contribution in [0.2, 0.25) is 0 Å². The number of β-amino-alcohol motifs (C(OH)–C–C–N with tert-alkyl or cyclic N) is 1. The minimum Gasteiger partial charge on any atom is -0.387 e. The van der Waals surface area contributed by atoms with Gasteiger partial charge in [-0.2, -0.15) is 0 Å². The number of benzene rings is 1. The van der Waals surface area contributed by atoms with Gasteiger partial charge in [-0.25, -0.2) is 9.97 Å². The summed E-state index contributed by atoms with van der Waals surface area (Å²) in [5.41, 5.74) is 7.03. The van der Waals surface area contributed by atoms with Gasteiger partial charge < -0.3 is 20.6 Å². The molecular weight excluding hydrogens is 330 g/mol. The Balaban J connectivity index is 1.72. The normalized spacial score (nSPS) is 20.4. The van der Waals surface area contributed by atoms with E-state index in [-0.39, 0.29) is 11.9 Å². The molecule has 1 amide bonds. The van der Waals surface area contributed by atoms with E-state index in [1.807, 2.05) is 31.1 Å². The van der Waals surface area contributed by atoms with E-state index >= 15 is 0 Å². The van der Waals surface area contributed by atoms with E-state index in [0.29, 0.717) is 31.6 Å². The van der Waals surface area contributed by atoms with Gasteiger partial charge in [-0.1, -0.05) is 12.1 Å². The minimum absolute atomic E-state index is 0.0537. The Morgan fingerprint density at radius 3 is 2.50 bits per heavy atom. The third-order valence-electron chi connectivity index (χ3n) is 4.59. The second kappa shape index (κ2) is 7.39. The van der Waals surface area contributed by atoms with Crippen molar-refractivity contribution in [2.75, 3.05) is 39.5 Å². The molecule has 26 heavy (non-hydrogen) atoms. The molecule has 2 aromatic rings. The van der Waals surface area contributed by atoms with Gasteiger partial charge in [-0.15, -0.1) is 0 Å². The Labute approximate surface area is 153 Å². The zero-order chi connectivity index (χ0) is 18.7. The number of carbonyl (C=O) groups excluding carboxylic acids is 1. The molecule has 0 unspecified atom stereocenters. The molecule has 1 aromatic heterocycles. The first kappa shape index (κ1) is 18.3. The van der Waals surface area contributed by atoms with Crippen LogP contribution in [0.4, 0.5) is 5.95 Å². The minimum atomic E-state index is -0.849. The molecule has 7 heteroatoms. The van der Waals surface area contributed by atoms with Gasteiger partial charge in [0.05, 0.1) is 12.1 Å². The molecule has 0 bridgehead atoms. The molecule has 0 aliphatic carbocycles. The van der Waals surface area contributed by atoms with Crippen LogP contribution in [0.25, 0.3) is 11.1 Å². The molecule has 0 saturated carbocycles. The summed E-state index contributed by atoms with van der Waals surface area (Å²) >= 11 is 0. The molecule has 1 saturated heterocycles. The highest BCUT2D eigenvalue weighted by molar-refractivity contribution is 5.94. The van der Waals surface area contributed by atoms with Crippen molar-refractivity contribution in [3.63, 3.8) is 0 Å². The van der Waals surface area contributed by atoms with Crippen molar-refractivity contribution < 1.29 is 9.90 Å². The van der Waals surface area contributed by atoms with Crippen LogP contribution in [0, 0.1) is 0 Å². The molecule has 3 N–H and O–H groups in total. The van der Waals surface area contributed by atoms with Gasteiger partial charge in [0, 0.05) is 36.6 Å². The van der Waals surface area contributed by atoms with Crippen molar-refractivity contribution in [3.05, 3.63) is 42.2 Å². The number of nitrogens with two attached hydrogens (primary N) is 1. The number of likely N-dealkylation sites (tertiary alicyclic amines) is 1. The number of amides is 1. The molecule has 1 atom stereocenters. The summed E-state index contributed by atoms with van der Waals surface area (Å²) in [6, 6.07) is 7.34. The quantitative estimate of drug-likeness (QED) is 0.857. The molecule has 3 rings (SSSR count). The maximum absolute atomic E-state index is 12.8. The summed E-state index contributed by atoms with van der Waals surface area (Å²) < 4.78 is 0. The van der Waals surface area contributed by atoms with Crippen LogP contribution in [0.5, 0.6) is 0 Å². The highest BCUT2D eigenvalue weighted by Crippen LogP contribution is 2.24. The second-order valence-electron chi connectivity index (χ2n) is 7.20. The van der Waals surface area contributed by atoms with Gasteiger partial charge in [0.15, 0.2) is 0 Å². The predicted octanol–water partition coefficient (Wildman–Crippen LogP) is 1.25. The molecule has 0 radical (unpaired) electrons. The SMILES string of the molecule is CN(C)C[C@]1(O)CCCN(C(=O)c2ccc(-c3cnc(N)nc3)cc2)C1. The van der Waals surface area contributed by atoms with Crippen molar-refractivity contribution in [3.8, 4) is 11.1 Å². The fourth-order valence-corrected chi connectivity index (χ4v) is 3.48. The monoisotopic (exact) mass is 355 g/mol. The predicted molar refractivity (Wildman–Crippen MR) is 101 cm³/mol. The van der Waals surface area contributed by atoms with Gasteiger partial charge in [-0.3, -0.25) is 4.79 Å². The Morgan fingerprint density at radius 1 is 1.23 bits per heavy atom. The third-order valence-corrected chi connectivity index (χ3v) is 4.59. The maximum atomic E-state index is 12.8. The molecule has 2 heterocycles. The number of hydrogen-bond acceptors (Lipinski definition) is 6. The lowest BCUT2D eigenvalue weighted by Gasteiger charge is -2.40. The van der Waals surface area contributed by atoms with Gasteiger partial charge in [0.25, 0.3) is 5.91 Å². The van der Waals surface area contributed by atoms with Crippen LogP contribution in [0.3, 0.4) is 0 Å². The first-order valence-corrected chi connectivity index (χ1v) is 8.71. The molecule has 7 nitrogen and oxygen atoms in total. The number of carbonyl (C=O) groups is 1. The van der Waals surface area contributed by atoms with E-state index in [0.717, 1.165) is 17.5 Å². The smallest absolute Gasteiger partial charge is 0.253 e. The zero-order valence-electron chi connectivity index (χ0n) is 15.2. The number of rotatable bonds is 4. The van der Waals surface area contributed by atoms with Crippen molar-refractivity contribution in [2.45, 2.75) is 18.4 Å². The van der Waals surface area contributed by atoms with Gasteiger partial charge in [0.2, 0.25) is 5.95 Å². The summed E-state index contributed by atoms with van der Waals surface area (Å²) in [4.78, 5) is 24.5. The van der Waals surface area contributed by atoms with Crippen LogP contribution in [0.1, 0.15) is 23.2 Å². The lowest BCUT2D eigenvalue weighted by atomic mass is 9.92. The Kier molecular flexibility index (Phi) is 5.20. The molecule has 1 aliphatic rings. The first-order chi connectivity index (χ1) is 12.4. The average molecular weight is 355 g/mol. The fourth-order valence-electron chi connectivity index (χ4n) is 3.48.